The first-order valence-corrected chi connectivity index (χ1v) is 4.91. The summed E-state index contributed by atoms with van der Waals surface area (Å²) in [7, 11) is 0. The van der Waals surface area contributed by atoms with Crippen molar-refractivity contribution in [3.63, 3.8) is 0 Å². The monoisotopic (exact) mass is 182 g/mol. The molecule has 0 spiro atoms. The van der Waals surface area contributed by atoms with Crippen molar-refractivity contribution >= 4 is 12.2 Å². The van der Waals surface area contributed by atoms with E-state index < -0.39 is 0 Å². The number of nitrogens with zero attached hydrogens (tertiary/aromatic N) is 1. The van der Waals surface area contributed by atoms with E-state index in [9.17, 15) is 0 Å². The molecule has 2 unspecified atom stereocenters. The molecule has 1 fully saturated rings. The first kappa shape index (κ1) is 8.05. The molecule has 0 amide bonds. The SMILES string of the molecule is CCC1CC1n1c(C)c[nH]c1=S. The number of aromatic amines is 1. The summed E-state index contributed by atoms with van der Waals surface area (Å²) in [6, 6.07) is 0.689. The molecule has 1 heterocycles. The first-order chi connectivity index (χ1) is 5.74. The van der Waals surface area contributed by atoms with E-state index in [0.29, 0.717) is 6.04 Å². The Kier molecular flexibility index (Phi) is 1.83. The van der Waals surface area contributed by atoms with Crippen LogP contribution in [0.15, 0.2) is 6.20 Å². The molecule has 1 N–H and O–H groups in total. The molecule has 66 valence electrons. The third-order valence-corrected chi connectivity index (χ3v) is 3.06. The number of hydrogen-bond acceptors (Lipinski definition) is 1. The van der Waals surface area contributed by atoms with Crippen LogP contribution < -0.4 is 0 Å². The van der Waals surface area contributed by atoms with Crippen molar-refractivity contribution < 1.29 is 0 Å². The van der Waals surface area contributed by atoms with E-state index in [1.54, 1.807) is 0 Å². The van der Waals surface area contributed by atoms with Crippen molar-refractivity contribution in [1.82, 2.24) is 9.55 Å². The van der Waals surface area contributed by atoms with Crippen molar-refractivity contribution in [1.29, 1.82) is 0 Å². The zero-order valence-corrected chi connectivity index (χ0v) is 8.32. The fourth-order valence-corrected chi connectivity index (χ4v) is 2.20. The van der Waals surface area contributed by atoms with Gasteiger partial charge in [-0.15, -0.1) is 0 Å². The molecule has 3 heteroatoms. The van der Waals surface area contributed by atoms with Gasteiger partial charge in [-0.1, -0.05) is 13.3 Å². The van der Waals surface area contributed by atoms with Crippen LogP contribution in [0.25, 0.3) is 0 Å². The van der Waals surface area contributed by atoms with Crippen LogP contribution in [0.1, 0.15) is 31.5 Å². The molecule has 0 radical (unpaired) electrons. The number of imidazole rings is 1. The summed E-state index contributed by atoms with van der Waals surface area (Å²) in [5.74, 6) is 0.867. The van der Waals surface area contributed by atoms with Crippen molar-refractivity contribution in [2.45, 2.75) is 32.7 Å². The minimum atomic E-state index is 0.689. The van der Waals surface area contributed by atoms with Gasteiger partial charge in [0.25, 0.3) is 0 Å². The van der Waals surface area contributed by atoms with E-state index in [1.807, 2.05) is 6.20 Å². The fraction of sp³-hybridized carbons (Fsp3) is 0.667. The van der Waals surface area contributed by atoms with Crippen LogP contribution in [0, 0.1) is 17.6 Å². The van der Waals surface area contributed by atoms with Crippen LogP contribution in [0.2, 0.25) is 0 Å². The molecule has 1 saturated carbocycles. The van der Waals surface area contributed by atoms with Crippen LogP contribution in [0.3, 0.4) is 0 Å². The molecular weight excluding hydrogens is 168 g/mol. The number of nitrogens with one attached hydrogen (secondary N) is 1. The molecule has 2 atom stereocenters. The van der Waals surface area contributed by atoms with Crippen LogP contribution in [-0.4, -0.2) is 9.55 Å². The normalized spacial score (nSPS) is 27.5. The molecule has 1 aromatic rings. The molecule has 1 aliphatic carbocycles. The summed E-state index contributed by atoms with van der Waals surface area (Å²) in [6.45, 7) is 4.35. The number of aromatic nitrogens is 2. The lowest BCUT2D eigenvalue weighted by atomic mass is 10.3. The van der Waals surface area contributed by atoms with Crippen molar-refractivity contribution in [3.05, 3.63) is 16.7 Å². The lowest BCUT2D eigenvalue weighted by molar-refractivity contribution is 0.622. The Balaban J connectivity index is 2.29. The second kappa shape index (κ2) is 2.73. The smallest absolute Gasteiger partial charge is 0.177 e. The highest BCUT2D eigenvalue weighted by Gasteiger charge is 2.37. The number of H-pyrrole nitrogens is 1. The molecule has 2 rings (SSSR count). The maximum atomic E-state index is 5.20. The lowest BCUT2D eigenvalue weighted by Crippen LogP contribution is -1.98. The second-order valence-electron chi connectivity index (χ2n) is 3.58. The Morgan fingerprint density at radius 2 is 2.50 bits per heavy atom. The molecule has 0 bridgehead atoms. The number of aryl methyl sites for hydroxylation is 1. The highest BCUT2D eigenvalue weighted by atomic mass is 32.1. The predicted molar refractivity (Wildman–Crippen MR) is 51.8 cm³/mol. The molecule has 0 aromatic carbocycles. The molecule has 0 aliphatic heterocycles. The predicted octanol–water partition coefficient (Wildman–Crippen LogP) is 2.83. The Bertz CT molecular complexity index is 337. The van der Waals surface area contributed by atoms with Gasteiger partial charge in [-0.05, 0) is 31.5 Å². The minimum absolute atomic E-state index is 0.689. The third kappa shape index (κ3) is 1.12. The molecule has 2 nitrogen and oxygen atoms in total. The number of hydrogen-bond donors (Lipinski definition) is 1. The standard InChI is InChI=1S/C9H14N2S/c1-3-7-4-8(7)11-6(2)5-10-9(11)12/h5,7-8H,3-4H2,1-2H3,(H,10,12). The van der Waals surface area contributed by atoms with Crippen molar-refractivity contribution in [2.24, 2.45) is 5.92 Å². The summed E-state index contributed by atoms with van der Waals surface area (Å²) in [5.41, 5.74) is 1.26. The first-order valence-electron chi connectivity index (χ1n) is 4.50. The lowest BCUT2D eigenvalue weighted by Gasteiger charge is -2.02. The molecule has 1 aromatic heterocycles. The quantitative estimate of drug-likeness (QED) is 0.697. The minimum Gasteiger partial charge on any atom is -0.337 e. The van der Waals surface area contributed by atoms with Crippen LogP contribution >= 0.6 is 12.2 Å². The van der Waals surface area contributed by atoms with Gasteiger partial charge in [0.1, 0.15) is 0 Å². The summed E-state index contributed by atoms with van der Waals surface area (Å²) in [5, 5.41) is 0. The average Bonchev–Trinajstić information content (AvgIpc) is 2.74. The summed E-state index contributed by atoms with van der Waals surface area (Å²) >= 11 is 5.20. The third-order valence-electron chi connectivity index (χ3n) is 2.74. The maximum absolute atomic E-state index is 5.20. The molecule has 0 saturated heterocycles. The Morgan fingerprint density at radius 3 is 2.92 bits per heavy atom. The second-order valence-corrected chi connectivity index (χ2v) is 3.96. The van der Waals surface area contributed by atoms with Gasteiger partial charge in [0, 0.05) is 17.9 Å². The van der Waals surface area contributed by atoms with E-state index in [2.05, 4.69) is 23.4 Å². The Hall–Kier alpha value is -0.570. The Morgan fingerprint density at radius 1 is 1.75 bits per heavy atom. The van der Waals surface area contributed by atoms with Gasteiger partial charge < -0.3 is 9.55 Å². The summed E-state index contributed by atoms with van der Waals surface area (Å²) < 4.78 is 3.14. The van der Waals surface area contributed by atoms with E-state index in [4.69, 9.17) is 12.2 Å². The topological polar surface area (TPSA) is 20.7 Å². The van der Waals surface area contributed by atoms with E-state index in [-0.39, 0.29) is 0 Å². The highest BCUT2D eigenvalue weighted by Crippen LogP contribution is 2.46. The zero-order chi connectivity index (χ0) is 8.72. The Labute approximate surface area is 77.6 Å². The van der Waals surface area contributed by atoms with Gasteiger partial charge in [0.2, 0.25) is 0 Å². The average molecular weight is 182 g/mol. The van der Waals surface area contributed by atoms with E-state index >= 15 is 0 Å². The zero-order valence-electron chi connectivity index (χ0n) is 7.50. The van der Waals surface area contributed by atoms with Crippen LogP contribution in [-0.2, 0) is 0 Å². The number of rotatable bonds is 2. The molecular formula is C9H14N2S. The van der Waals surface area contributed by atoms with Crippen molar-refractivity contribution in [3.8, 4) is 0 Å². The van der Waals surface area contributed by atoms with Gasteiger partial charge in [-0.3, -0.25) is 0 Å². The van der Waals surface area contributed by atoms with Gasteiger partial charge in [0.05, 0.1) is 0 Å². The van der Waals surface area contributed by atoms with E-state index in [1.165, 1.54) is 18.5 Å². The fourth-order valence-electron chi connectivity index (χ4n) is 1.86. The van der Waals surface area contributed by atoms with E-state index in [0.717, 1.165) is 10.7 Å². The van der Waals surface area contributed by atoms with Crippen molar-refractivity contribution in [2.75, 3.05) is 0 Å². The van der Waals surface area contributed by atoms with Crippen LogP contribution in [0.4, 0.5) is 0 Å². The van der Waals surface area contributed by atoms with Crippen LogP contribution in [0.5, 0.6) is 0 Å². The van der Waals surface area contributed by atoms with Gasteiger partial charge >= 0.3 is 0 Å². The highest BCUT2D eigenvalue weighted by molar-refractivity contribution is 7.71. The summed E-state index contributed by atoms with van der Waals surface area (Å²) in [4.78, 5) is 3.08. The molecule has 1 aliphatic rings. The molecule has 12 heavy (non-hydrogen) atoms. The largest absolute Gasteiger partial charge is 0.337 e. The maximum Gasteiger partial charge on any atom is 0.177 e. The van der Waals surface area contributed by atoms with Gasteiger partial charge in [0.15, 0.2) is 4.77 Å². The van der Waals surface area contributed by atoms with Gasteiger partial charge in [-0.2, -0.15) is 0 Å². The summed E-state index contributed by atoms with van der Waals surface area (Å²) in [6.07, 6.45) is 4.58. The van der Waals surface area contributed by atoms with Gasteiger partial charge in [-0.25, -0.2) is 0 Å².